The summed E-state index contributed by atoms with van der Waals surface area (Å²) in [7, 11) is 0. The molecule has 0 bridgehead atoms. The number of carbonyl (C=O) groups excluding carboxylic acids is 4. The second-order valence-electron chi connectivity index (χ2n) is 4.96. The number of carbonyl (C=O) groups is 4. The minimum absolute atomic E-state index is 0.149. The van der Waals surface area contributed by atoms with Crippen LogP contribution in [0.5, 0.6) is 0 Å². The van der Waals surface area contributed by atoms with Gasteiger partial charge >= 0.3 is 0 Å². The molecule has 0 saturated heterocycles. The second-order valence-corrected chi connectivity index (χ2v) is 4.96. The fourth-order valence-corrected chi connectivity index (χ4v) is 1.39. The first-order valence-electron chi connectivity index (χ1n) is 6.84. The van der Waals surface area contributed by atoms with Gasteiger partial charge in [-0.05, 0) is 32.0 Å². The Kier molecular flexibility index (Phi) is 6.42. The van der Waals surface area contributed by atoms with Crippen molar-refractivity contribution in [3.8, 4) is 0 Å². The van der Waals surface area contributed by atoms with E-state index in [9.17, 15) is 19.2 Å². The van der Waals surface area contributed by atoms with Crippen LogP contribution in [0.4, 0.5) is 0 Å². The lowest BCUT2D eigenvalue weighted by Crippen LogP contribution is -2.42. The summed E-state index contributed by atoms with van der Waals surface area (Å²) in [4.78, 5) is 46.5. The van der Waals surface area contributed by atoms with Gasteiger partial charge in [0.2, 0.25) is 0 Å². The number of hydrogen-bond donors (Lipinski definition) is 4. The van der Waals surface area contributed by atoms with Crippen molar-refractivity contribution in [2.24, 2.45) is 0 Å². The number of hydrazine groups is 2. The molecular formula is C16H18N4O4. The quantitative estimate of drug-likeness (QED) is 0.471. The maximum atomic E-state index is 11.9. The largest absolute Gasteiger partial charge is 0.269 e. The molecule has 1 rings (SSSR count). The standard InChI is InChI=1S/C16H18N4O4/c1-9(2)13(21)17-19-15(23)11-6-5-7-12(8-11)16(24)20-18-14(22)10(3)4/h5-8H,1,3H2,2,4H3,(H,17,21)(H,18,22)(H,19,23)(H,20,24). The second kappa shape index (κ2) is 8.28. The number of nitrogens with one attached hydrogen (secondary N) is 4. The van der Waals surface area contributed by atoms with Crippen LogP contribution in [0.15, 0.2) is 48.6 Å². The third kappa shape index (κ3) is 5.41. The Morgan fingerprint density at radius 2 is 1.12 bits per heavy atom. The molecule has 0 saturated carbocycles. The zero-order valence-electron chi connectivity index (χ0n) is 13.4. The molecule has 0 fully saturated rings. The van der Waals surface area contributed by atoms with Crippen LogP contribution in [0.3, 0.4) is 0 Å². The molecule has 8 heteroatoms. The lowest BCUT2D eigenvalue weighted by molar-refractivity contribution is -0.118. The number of rotatable bonds is 4. The van der Waals surface area contributed by atoms with Gasteiger partial charge in [0.15, 0.2) is 0 Å². The highest BCUT2D eigenvalue weighted by Crippen LogP contribution is 2.05. The molecule has 0 aliphatic carbocycles. The Labute approximate surface area is 138 Å². The molecule has 0 spiro atoms. The highest BCUT2D eigenvalue weighted by Gasteiger charge is 2.12. The summed E-state index contributed by atoms with van der Waals surface area (Å²) in [6.07, 6.45) is 0. The van der Waals surface area contributed by atoms with E-state index < -0.39 is 23.6 Å². The molecule has 1 aromatic rings. The summed E-state index contributed by atoms with van der Waals surface area (Å²) < 4.78 is 0. The molecule has 8 nitrogen and oxygen atoms in total. The van der Waals surface area contributed by atoms with Crippen molar-refractivity contribution in [3.63, 3.8) is 0 Å². The lowest BCUT2D eigenvalue weighted by atomic mass is 10.1. The van der Waals surface area contributed by atoms with Crippen LogP contribution >= 0.6 is 0 Å². The summed E-state index contributed by atoms with van der Waals surface area (Å²) in [6, 6.07) is 5.73. The molecule has 0 unspecified atom stereocenters. The molecule has 4 amide bonds. The van der Waals surface area contributed by atoms with Crippen molar-refractivity contribution in [2.45, 2.75) is 13.8 Å². The summed E-state index contributed by atoms with van der Waals surface area (Å²) in [5.74, 6) is -2.27. The third-order valence-corrected chi connectivity index (χ3v) is 2.74. The average Bonchev–Trinajstić information content (AvgIpc) is 2.56. The fourth-order valence-electron chi connectivity index (χ4n) is 1.39. The van der Waals surface area contributed by atoms with Gasteiger partial charge < -0.3 is 0 Å². The van der Waals surface area contributed by atoms with Crippen LogP contribution in [0.2, 0.25) is 0 Å². The van der Waals surface area contributed by atoms with Crippen LogP contribution in [0, 0.1) is 0 Å². The smallest absolute Gasteiger partial charge is 0.268 e. The third-order valence-electron chi connectivity index (χ3n) is 2.74. The van der Waals surface area contributed by atoms with Gasteiger partial charge in [0.1, 0.15) is 0 Å². The van der Waals surface area contributed by atoms with E-state index >= 15 is 0 Å². The van der Waals surface area contributed by atoms with Crippen molar-refractivity contribution in [2.75, 3.05) is 0 Å². The molecule has 0 aliphatic rings. The topological polar surface area (TPSA) is 116 Å². The first-order valence-corrected chi connectivity index (χ1v) is 6.84. The Morgan fingerprint density at radius 3 is 1.46 bits per heavy atom. The van der Waals surface area contributed by atoms with E-state index in [0.717, 1.165) is 0 Å². The molecule has 24 heavy (non-hydrogen) atoms. The van der Waals surface area contributed by atoms with Gasteiger partial charge in [-0.2, -0.15) is 0 Å². The van der Waals surface area contributed by atoms with Crippen molar-refractivity contribution in [1.82, 2.24) is 21.7 Å². The molecule has 4 N–H and O–H groups in total. The molecule has 0 atom stereocenters. The van der Waals surface area contributed by atoms with E-state index in [4.69, 9.17) is 0 Å². The molecule has 0 aromatic heterocycles. The zero-order chi connectivity index (χ0) is 18.3. The first-order chi connectivity index (χ1) is 11.2. The Balaban J connectivity index is 2.72. The fraction of sp³-hybridized carbons (Fsp3) is 0.125. The molecule has 0 aliphatic heterocycles. The highest BCUT2D eigenvalue weighted by molar-refractivity contribution is 6.02. The predicted octanol–water partition coefficient (Wildman–Crippen LogP) is 0.361. The average molecular weight is 330 g/mol. The summed E-state index contributed by atoms with van der Waals surface area (Å²) in [5, 5.41) is 0. The van der Waals surface area contributed by atoms with Gasteiger partial charge in [0.05, 0.1) is 0 Å². The van der Waals surface area contributed by atoms with Gasteiger partial charge in [-0.1, -0.05) is 19.2 Å². The van der Waals surface area contributed by atoms with Gasteiger partial charge in [0, 0.05) is 22.3 Å². The van der Waals surface area contributed by atoms with E-state index in [-0.39, 0.29) is 22.3 Å². The van der Waals surface area contributed by atoms with Gasteiger partial charge in [-0.15, -0.1) is 0 Å². The first kappa shape index (κ1) is 18.6. The molecule has 0 heterocycles. The van der Waals surface area contributed by atoms with Crippen LogP contribution in [0.25, 0.3) is 0 Å². The number of benzene rings is 1. The molecule has 126 valence electrons. The van der Waals surface area contributed by atoms with Crippen LogP contribution in [-0.2, 0) is 9.59 Å². The minimum Gasteiger partial charge on any atom is -0.268 e. The number of hydrogen-bond acceptors (Lipinski definition) is 4. The molecular weight excluding hydrogens is 312 g/mol. The minimum atomic E-state index is -0.606. The van der Waals surface area contributed by atoms with E-state index in [1.54, 1.807) is 0 Å². The maximum Gasteiger partial charge on any atom is 0.269 e. The molecule has 0 radical (unpaired) electrons. The number of amides is 4. The van der Waals surface area contributed by atoms with Crippen LogP contribution in [-0.4, -0.2) is 23.6 Å². The van der Waals surface area contributed by atoms with E-state index in [2.05, 4.69) is 34.9 Å². The summed E-state index contributed by atoms with van der Waals surface area (Å²) in [6.45, 7) is 9.85. The summed E-state index contributed by atoms with van der Waals surface area (Å²) >= 11 is 0. The monoisotopic (exact) mass is 330 g/mol. The zero-order valence-corrected chi connectivity index (χ0v) is 13.4. The van der Waals surface area contributed by atoms with Gasteiger partial charge in [-0.3, -0.25) is 40.9 Å². The Bertz CT molecular complexity index is 667. The Morgan fingerprint density at radius 1 is 0.750 bits per heavy atom. The SMILES string of the molecule is C=C(C)C(=O)NNC(=O)c1cccc(C(=O)NNC(=O)C(=C)C)c1. The predicted molar refractivity (Wildman–Crippen MR) is 87.3 cm³/mol. The van der Waals surface area contributed by atoms with E-state index in [1.165, 1.54) is 38.1 Å². The van der Waals surface area contributed by atoms with Crippen molar-refractivity contribution in [1.29, 1.82) is 0 Å². The highest BCUT2D eigenvalue weighted by atomic mass is 16.2. The normalized spacial score (nSPS) is 9.42. The van der Waals surface area contributed by atoms with E-state index in [1.807, 2.05) is 0 Å². The van der Waals surface area contributed by atoms with Crippen LogP contribution in [0.1, 0.15) is 34.6 Å². The maximum absolute atomic E-state index is 11.9. The van der Waals surface area contributed by atoms with Gasteiger partial charge in [0.25, 0.3) is 23.6 Å². The Hall–Kier alpha value is -3.42. The molecule has 1 aromatic carbocycles. The summed E-state index contributed by atoms with van der Waals surface area (Å²) in [5.41, 5.74) is 9.51. The van der Waals surface area contributed by atoms with Gasteiger partial charge in [-0.25, -0.2) is 0 Å². The van der Waals surface area contributed by atoms with Crippen LogP contribution < -0.4 is 21.7 Å². The van der Waals surface area contributed by atoms with Crippen molar-refractivity contribution in [3.05, 3.63) is 59.7 Å². The van der Waals surface area contributed by atoms with Crippen molar-refractivity contribution >= 4 is 23.6 Å². The van der Waals surface area contributed by atoms with E-state index in [0.29, 0.717) is 0 Å². The lowest BCUT2D eigenvalue weighted by Gasteiger charge is -2.09. The van der Waals surface area contributed by atoms with Crippen molar-refractivity contribution < 1.29 is 19.2 Å².